The summed E-state index contributed by atoms with van der Waals surface area (Å²) in [5, 5.41) is 3.80. The Bertz CT molecular complexity index is 1760. The molecule has 5 nitrogen and oxygen atoms in total. The molecule has 0 radical (unpaired) electrons. The molecule has 4 aromatic heterocycles. The quantitative estimate of drug-likeness (QED) is 0.278. The summed E-state index contributed by atoms with van der Waals surface area (Å²) < 4.78 is 0. The van der Waals surface area contributed by atoms with E-state index in [4.69, 9.17) is 16.6 Å². The van der Waals surface area contributed by atoms with Gasteiger partial charge in [0.25, 0.3) is 0 Å². The van der Waals surface area contributed by atoms with Gasteiger partial charge < -0.3 is 9.97 Å². The summed E-state index contributed by atoms with van der Waals surface area (Å²) in [6, 6.07) is 24.2. The van der Waals surface area contributed by atoms with Gasteiger partial charge in [-0.05, 0) is 48.0 Å². The molecule has 0 atom stereocenters. The number of pyridine rings is 2. The lowest BCUT2D eigenvalue weighted by molar-refractivity contribution is 1.34. The molecule has 0 saturated carbocycles. The number of aromatic nitrogens is 5. The first-order valence-electron chi connectivity index (χ1n) is 10.7. The smallest absolute Gasteiger partial charge is 0.141 e. The first-order valence-corrected chi connectivity index (χ1v) is 11.0. The number of rotatable bonds is 2. The van der Waals surface area contributed by atoms with Gasteiger partial charge in [-0.15, -0.1) is 0 Å². The largest absolute Gasteiger partial charge is 0.354 e. The number of nitrogens with zero attached hydrogens (tertiary/aromatic N) is 3. The predicted octanol–water partition coefficient (Wildman–Crippen LogP) is 7.13. The molecule has 7 aromatic rings. The number of aromatic amines is 2. The van der Waals surface area contributed by atoms with Crippen molar-refractivity contribution in [3.8, 4) is 22.6 Å². The van der Waals surface area contributed by atoms with Gasteiger partial charge in [0.15, 0.2) is 0 Å². The monoisotopic (exact) mass is 445 g/mol. The fourth-order valence-electron chi connectivity index (χ4n) is 4.68. The maximum atomic E-state index is 6.16. The number of fused-ring (bicyclic) bond motifs is 7. The van der Waals surface area contributed by atoms with Crippen LogP contribution in [-0.4, -0.2) is 24.9 Å². The van der Waals surface area contributed by atoms with Gasteiger partial charge in [-0.1, -0.05) is 41.9 Å². The van der Waals surface area contributed by atoms with Crippen molar-refractivity contribution in [1.29, 1.82) is 0 Å². The molecule has 0 spiro atoms. The highest BCUT2D eigenvalue weighted by atomic mass is 35.5. The number of hydrogen-bond donors (Lipinski definition) is 2. The van der Waals surface area contributed by atoms with Crippen molar-refractivity contribution in [3.05, 3.63) is 90.2 Å². The van der Waals surface area contributed by atoms with Crippen LogP contribution in [0.2, 0.25) is 5.02 Å². The molecule has 0 aliphatic carbocycles. The number of hydrogen-bond acceptors (Lipinski definition) is 3. The van der Waals surface area contributed by atoms with E-state index in [1.165, 1.54) is 0 Å². The molecule has 7 rings (SSSR count). The van der Waals surface area contributed by atoms with E-state index in [1.54, 1.807) is 12.4 Å². The topological polar surface area (TPSA) is 70.2 Å². The number of benzene rings is 3. The molecule has 0 saturated heterocycles. The van der Waals surface area contributed by atoms with Gasteiger partial charge in [0.1, 0.15) is 5.82 Å². The molecular formula is C27H16ClN5. The molecule has 3 aromatic carbocycles. The first-order chi connectivity index (χ1) is 16.3. The molecule has 0 fully saturated rings. The lowest BCUT2D eigenvalue weighted by atomic mass is 10.0. The Kier molecular flexibility index (Phi) is 3.83. The molecule has 156 valence electrons. The minimum atomic E-state index is 0.707. The summed E-state index contributed by atoms with van der Waals surface area (Å²) in [7, 11) is 0. The average molecular weight is 446 g/mol. The third-order valence-corrected chi connectivity index (χ3v) is 6.40. The van der Waals surface area contributed by atoms with Gasteiger partial charge in [0, 0.05) is 39.1 Å². The maximum Gasteiger partial charge on any atom is 0.141 e. The van der Waals surface area contributed by atoms with Crippen LogP contribution in [0.5, 0.6) is 0 Å². The van der Waals surface area contributed by atoms with Crippen molar-refractivity contribution in [2.24, 2.45) is 0 Å². The van der Waals surface area contributed by atoms with Crippen molar-refractivity contribution < 1.29 is 0 Å². The summed E-state index contributed by atoms with van der Waals surface area (Å²) in [6.07, 6.45) is 3.60. The zero-order valence-electron chi connectivity index (χ0n) is 17.3. The van der Waals surface area contributed by atoms with Crippen LogP contribution in [0.15, 0.2) is 85.2 Å². The van der Waals surface area contributed by atoms with Crippen LogP contribution >= 0.6 is 11.6 Å². The van der Waals surface area contributed by atoms with E-state index < -0.39 is 0 Å². The predicted molar refractivity (Wildman–Crippen MR) is 134 cm³/mol. The van der Waals surface area contributed by atoms with Crippen molar-refractivity contribution in [2.45, 2.75) is 0 Å². The molecule has 2 N–H and O–H groups in total. The molecular weight excluding hydrogens is 430 g/mol. The van der Waals surface area contributed by atoms with E-state index in [-0.39, 0.29) is 0 Å². The molecule has 33 heavy (non-hydrogen) atoms. The molecule has 0 amide bonds. The third kappa shape index (κ3) is 2.69. The van der Waals surface area contributed by atoms with E-state index in [2.05, 4.69) is 44.2 Å². The Labute approximate surface area is 193 Å². The summed E-state index contributed by atoms with van der Waals surface area (Å²) in [4.78, 5) is 21.6. The SMILES string of the molecule is Clc1ccc(-c2[nH]c3ccccc3c2-c2nc3c4cccnc4c4ncccc4c3[nH]2)cc1. The van der Waals surface area contributed by atoms with Crippen molar-refractivity contribution in [2.75, 3.05) is 0 Å². The fourth-order valence-corrected chi connectivity index (χ4v) is 4.81. The Morgan fingerprint density at radius 3 is 2.15 bits per heavy atom. The second-order valence-electron chi connectivity index (χ2n) is 8.04. The zero-order chi connectivity index (χ0) is 21.9. The average Bonchev–Trinajstić information content (AvgIpc) is 3.47. The zero-order valence-corrected chi connectivity index (χ0v) is 18.1. The normalized spacial score (nSPS) is 11.8. The van der Waals surface area contributed by atoms with Crippen LogP contribution in [0.3, 0.4) is 0 Å². The van der Waals surface area contributed by atoms with E-state index in [0.717, 1.165) is 66.4 Å². The Morgan fingerprint density at radius 2 is 1.33 bits per heavy atom. The summed E-state index contributed by atoms with van der Waals surface area (Å²) in [5.41, 5.74) is 7.69. The number of halogens is 1. The molecule has 0 aliphatic rings. The van der Waals surface area contributed by atoms with E-state index >= 15 is 0 Å². The van der Waals surface area contributed by atoms with Crippen molar-refractivity contribution >= 4 is 55.3 Å². The maximum absolute atomic E-state index is 6.16. The van der Waals surface area contributed by atoms with Crippen molar-refractivity contribution in [3.63, 3.8) is 0 Å². The molecule has 0 unspecified atom stereocenters. The molecule has 4 heterocycles. The van der Waals surface area contributed by atoms with Crippen LogP contribution in [0.1, 0.15) is 0 Å². The van der Waals surface area contributed by atoms with Gasteiger partial charge >= 0.3 is 0 Å². The van der Waals surface area contributed by atoms with Crippen LogP contribution < -0.4 is 0 Å². The minimum Gasteiger partial charge on any atom is -0.354 e. The first kappa shape index (κ1) is 18.4. The van der Waals surface area contributed by atoms with Crippen LogP contribution in [0.25, 0.3) is 66.4 Å². The molecule has 0 aliphatic heterocycles. The lowest BCUT2D eigenvalue weighted by Gasteiger charge is -2.03. The van der Waals surface area contributed by atoms with E-state index in [9.17, 15) is 0 Å². The highest BCUT2D eigenvalue weighted by Crippen LogP contribution is 2.40. The highest BCUT2D eigenvalue weighted by Gasteiger charge is 2.20. The second-order valence-corrected chi connectivity index (χ2v) is 8.47. The van der Waals surface area contributed by atoms with Crippen LogP contribution in [0.4, 0.5) is 0 Å². The van der Waals surface area contributed by atoms with Gasteiger partial charge in [0.2, 0.25) is 0 Å². The van der Waals surface area contributed by atoms with Gasteiger partial charge in [-0.3, -0.25) is 9.97 Å². The van der Waals surface area contributed by atoms with Gasteiger partial charge in [0.05, 0.1) is 33.3 Å². The van der Waals surface area contributed by atoms with Crippen LogP contribution in [-0.2, 0) is 0 Å². The molecule has 6 heteroatoms. The lowest BCUT2D eigenvalue weighted by Crippen LogP contribution is -1.86. The summed E-state index contributed by atoms with van der Waals surface area (Å²) >= 11 is 6.16. The third-order valence-electron chi connectivity index (χ3n) is 6.14. The summed E-state index contributed by atoms with van der Waals surface area (Å²) in [6.45, 7) is 0. The Hall–Kier alpha value is -4.22. The number of para-hydroxylation sites is 1. The molecule has 0 bridgehead atoms. The number of nitrogens with one attached hydrogen (secondary N) is 2. The van der Waals surface area contributed by atoms with Gasteiger partial charge in [-0.25, -0.2) is 4.98 Å². The highest BCUT2D eigenvalue weighted by molar-refractivity contribution is 6.30. The van der Waals surface area contributed by atoms with Crippen molar-refractivity contribution in [1.82, 2.24) is 24.9 Å². The number of imidazole rings is 1. The van der Waals surface area contributed by atoms with E-state index in [0.29, 0.717) is 5.02 Å². The van der Waals surface area contributed by atoms with E-state index in [1.807, 2.05) is 48.5 Å². The second kappa shape index (κ2) is 6.89. The fraction of sp³-hybridized carbons (Fsp3) is 0. The Morgan fingerprint density at radius 1 is 0.636 bits per heavy atom. The minimum absolute atomic E-state index is 0.707. The van der Waals surface area contributed by atoms with Crippen LogP contribution in [0, 0.1) is 0 Å². The Balaban J connectivity index is 1.61. The van der Waals surface area contributed by atoms with Gasteiger partial charge in [-0.2, -0.15) is 0 Å². The standard InChI is InChI=1S/C27H16ClN5/c28-16-11-9-15(10-12-16)22-21(17-5-1-2-8-20(17)31-22)27-32-25-18-6-3-13-29-23(18)24-19(26(25)33-27)7-4-14-30-24/h1-14,31H,(H,32,33). The summed E-state index contributed by atoms with van der Waals surface area (Å²) in [5.74, 6) is 0.800. The number of H-pyrrole nitrogens is 2.